The molecule has 2 heterocycles. The van der Waals surface area contributed by atoms with E-state index in [0.717, 1.165) is 32.1 Å². The van der Waals surface area contributed by atoms with E-state index in [0.29, 0.717) is 16.5 Å². The maximum Gasteiger partial charge on any atom is 0.245 e. The summed E-state index contributed by atoms with van der Waals surface area (Å²) in [5.41, 5.74) is 1.88. The summed E-state index contributed by atoms with van der Waals surface area (Å²) in [6.45, 7) is 0.559. The monoisotopic (exact) mass is 402 g/mol. The van der Waals surface area contributed by atoms with Crippen molar-refractivity contribution in [1.29, 1.82) is 0 Å². The average molecular weight is 403 g/mol. The van der Waals surface area contributed by atoms with Crippen molar-refractivity contribution in [2.45, 2.75) is 48.1 Å². The van der Waals surface area contributed by atoms with Crippen LogP contribution in [-0.2, 0) is 15.4 Å². The van der Waals surface area contributed by atoms with Crippen LogP contribution in [0.5, 0.6) is 0 Å². The van der Waals surface area contributed by atoms with Crippen molar-refractivity contribution in [3.05, 3.63) is 59.1 Å². The molecule has 4 nitrogen and oxygen atoms in total. The molecule has 0 spiro atoms. The lowest BCUT2D eigenvalue weighted by atomic mass is 9.64. The zero-order valence-corrected chi connectivity index (χ0v) is 16.9. The molecule has 2 fully saturated rings. The SMILES string of the molecule is CN1c2ccccc2[C@]23CCCC[C@]12N(S(=O)(=O)c1ccc(Cl)cc1)CC3. The van der Waals surface area contributed by atoms with Crippen molar-refractivity contribution >= 4 is 27.3 Å². The molecular weight excluding hydrogens is 380 g/mol. The zero-order chi connectivity index (χ0) is 18.9. The Morgan fingerprint density at radius 3 is 2.44 bits per heavy atom. The molecule has 1 saturated heterocycles. The van der Waals surface area contributed by atoms with Gasteiger partial charge in [0.2, 0.25) is 10.0 Å². The van der Waals surface area contributed by atoms with Crippen molar-refractivity contribution in [1.82, 2.24) is 4.31 Å². The summed E-state index contributed by atoms with van der Waals surface area (Å²) in [4.78, 5) is 2.58. The molecule has 0 N–H and O–H groups in total. The van der Waals surface area contributed by atoms with E-state index in [2.05, 4.69) is 30.1 Å². The average Bonchev–Trinajstić information content (AvgIpc) is 3.15. The van der Waals surface area contributed by atoms with Gasteiger partial charge in [0.05, 0.1) is 4.90 Å². The Hall–Kier alpha value is -1.56. The van der Waals surface area contributed by atoms with Gasteiger partial charge in [-0.2, -0.15) is 4.31 Å². The molecular formula is C21H23ClN2O2S. The Morgan fingerprint density at radius 1 is 0.963 bits per heavy atom. The van der Waals surface area contributed by atoms with E-state index in [1.165, 1.54) is 11.3 Å². The first-order chi connectivity index (χ1) is 12.9. The Morgan fingerprint density at radius 2 is 1.67 bits per heavy atom. The van der Waals surface area contributed by atoms with Gasteiger partial charge < -0.3 is 4.90 Å². The third-order valence-corrected chi connectivity index (χ3v) is 9.22. The molecule has 2 aliphatic heterocycles. The summed E-state index contributed by atoms with van der Waals surface area (Å²) >= 11 is 5.99. The van der Waals surface area contributed by atoms with Gasteiger partial charge in [-0.25, -0.2) is 8.42 Å². The van der Waals surface area contributed by atoms with Crippen molar-refractivity contribution < 1.29 is 8.42 Å². The highest BCUT2D eigenvalue weighted by Gasteiger charge is 2.69. The molecule has 0 aromatic heterocycles. The molecule has 0 radical (unpaired) electrons. The van der Waals surface area contributed by atoms with Crippen molar-refractivity contribution in [2.24, 2.45) is 0 Å². The number of nitrogens with zero attached hydrogens (tertiary/aromatic N) is 2. The van der Waals surface area contributed by atoms with Gasteiger partial charge in [0.1, 0.15) is 5.66 Å². The van der Waals surface area contributed by atoms with Gasteiger partial charge in [-0.15, -0.1) is 0 Å². The molecule has 2 aromatic rings. The number of likely N-dealkylation sites (N-methyl/N-ethyl adjacent to an activating group) is 1. The van der Waals surface area contributed by atoms with E-state index in [1.807, 2.05) is 6.07 Å². The Labute approximate surface area is 165 Å². The molecule has 3 aliphatic rings. The fraction of sp³-hybridized carbons (Fsp3) is 0.429. The Kier molecular flexibility index (Phi) is 3.72. The van der Waals surface area contributed by atoms with Crippen LogP contribution in [0.15, 0.2) is 53.4 Å². The first-order valence-electron chi connectivity index (χ1n) is 9.55. The molecule has 0 amide bonds. The topological polar surface area (TPSA) is 40.6 Å². The van der Waals surface area contributed by atoms with Crippen molar-refractivity contribution in [2.75, 3.05) is 18.5 Å². The predicted octanol–water partition coefficient (Wildman–Crippen LogP) is 4.39. The third-order valence-electron chi connectivity index (χ3n) is 7.04. The molecule has 2 atom stereocenters. The third kappa shape index (κ3) is 2.05. The summed E-state index contributed by atoms with van der Waals surface area (Å²) in [5.74, 6) is 0. The molecule has 27 heavy (non-hydrogen) atoms. The van der Waals surface area contributed by atoms with E-state index >= 15 is 0 Å². The van der Waals surface area contributed by atoms with E-state index < -0.39 is 15.7 Å². The number of halogens is 1. The second-order valence-corrected chi connectivity index (χ2v) is 10.3. The Bertz CT molecular complexity index is 1010. The molecule has 142 valence electrons. The Balaban J connectivity index is 1.70. The van der Waals surface area contributed by atoms with Crippen LogP contribution in [0.4, 0.5) is 5.69 Å². The van der Waals surface area contributed by atoms with Gasteiger partial charge in [-0.3, -0.25) is 0 Å². The summed E-state index contributed by atoms with van der Waals surface area (Å²) in [6, 6.07) is 15.0. The summed E-state index contributed by atoms with van der Waals surface area (Å²) in [7, 11) is -1.54. The van der Waals surface area contributed by atoms with Gasteiger partial charge >= 0.3 is 0 Å². The summed E-state index contributed by atoms with van der Waals surface area (Å²) in [6.07, 6.45) is 4.98. The van der Waals surface area contributed by atoms with Gasteiger partial charge in [0, 0.05) is 29.7 Å². The van der Waals surface area contributed by atoms with E-state index in [4.69, 9.17) is 11.6 Å². The van der Waals surface area contributed by atoms with Crippen LogP contribution in [0, 0.1) is 0 Å². The fourth-order valence-corrected chi connectivity index (χ4v) is 7.95. The molecule has 2 aromatic carbocycles. The maximum absolute atomic E-state index is 13.7. The van der Waals surface area contributed by atoms with Crippen LogP contribution in [0.25, 0.3) is 0 Å². The highest BCUT2D eigenvalue weighted by molar-refractivity contribution is 7.89. The minimum Gasteiger partial charge on any atom is -0.354 e. The van der Waals surface area contributed by atoms with E-state index in [-0.39, 0.29) is 5.41 Å². The number of anilines is 1. The smallest absolute Gasteiger partial charge is 0.245 e. The number of para-hydroxylation sites is 1. The normalized spacial score (nSPS) is 30.1. The van der Waals surface area contributed by atoms with Crippen LogP contribution >= 0.6 is 11.6 Å². The zero-order valence-electron chi connectivity index (χ0n) is 15.4. The first-order valence-corrected chi connectivity index (χ1v) is 11.4. The van der Waals surface area contributed by atoms with E-state index in [9.17, 15) is 8.42 Å². The quantitative estimate of drug-likeness (QED) is 0.747. The molecule has 0 bridgehead atoms. The number of benzene rings is 2. The van der Waals surface area contributed by atoms with Gasteiger partial charge in [0.15, 0.2) is 0 Å². The highest BCUT2D eigenvalue weighted by Crippen LogP contribution is 2.64. The van der Waals surface area contributed by atoms with Crippen LogP contribution in [0.2, 0.25) is 5.02 Å². The summed E-state index contributed by atoms with van der Waals surface area (Å²) in [5, 5.41) is 0.547. The lowest BCUT2D eigenvalue weighted by Gasteiger charge is -2.51. The second-order valence-electron chi connectivity index (χ2n) is 7.96. The number of rotatable bonds is 2. The first kappa shape index (κ1) is 17.5. The van der Waals surface area contributed by atoms with Crippen LogP contribution in [-0.4, -0.2) is 32.0 Å². The molecule has 6 heteroatoms. The predicted molar refractivity (Wildman–Crippen MR) is 108 cm³/mol. The van der Waals surface area contributed by atoms with Crippen molar-refractivity contribution in [3.8, 4) is 0 Å². The summed E-state index contributed by atoms with van der Waals surface area (Å²) < 4.78 is 29.2. The van der Waals surface area contributed by atoms with Gasteiger partial charge in [-0.05, 0) is 61.6 Å². The van der Waals surface area contributed by atoms with E-state index in [1.54, 1.807) is 28.6 Å². The fourth-order valence-electron chi connectivity index (χ4n) is 5.97. The number of fused-ring (bicyclic) bond motifs is 1. The largest absolute Gasteiger partial charge is 0.354 e. The number of hydrogen-bond acceptors (Lipinski definition) is 3. The maximum atomic E-state index is 13.7. The van der Waals surface area contributed by atoms with Crippen molar-refractivity contribution in [3.63, 3.8) is 0 Å². The number of hydrogen-bond donors (Lipinski definition) is 0. The molecule has 5 rings (SSSR count). The molecule has 0 unspecified atom stereocenters. The van der Waals surface area contributed by atoms with Gasteiger partial charge in [-0.1, -0.05) is 36.2 Å². The molecule has 1 aliphatic carbocycles. The molecule has 1 saturated carbocycles. The lowest BCUT2D eigenvalue weighted by Crippen LogP contribution is -2.64. The van der Waals surface area contributed by atoms with Crippen LogP contribution < -0.4 is 4.90 Å². The minimum absolute atomic E-state index is 0.115. The van der Waals surface area contributed by atoms with Crippen LogP contribution in [0.1, 0.15) is 37.7 Å². The lowest BCUT2D eigenvalue weighted by molar-refractivity contribution is 0.110. The standard InChI is InChI=1S/C21H23ClN2O2S/c1-23-19-7-3-2-6-18(19)20-12-4-5-13-21(20,23)24(15-14-20)27(25,26)17-10-8-16(22)9-11-17/h2-3,6-11H,4-5,12-15H2,1H3/t20-,21-/m1/s1. The van der Waals surface area contributed by atoms with Crippen LogP contribution in [0.3, 0.4) is 0 Å². The van der Waals surface area contributed by atoms with Gasteiger partial charge in [0.25, 0.3) is 0 Å². The minimum atomic E-state index is -3.61. The second kappa shape index (κ2) is 5.72. The highest BCUT2D eigenvalue weighted by atomic mass is 35.5. The number of sulfonamides is 1.